The van der Waals surface area contributed by atoms with Crippen molar-refractivity contribution in [2.45, 2.75) is 98.7 Å². The summed E-state index contributed by atoms with van der Waals surface area (Å²) >= 11 is 0. The van der Waals surface area contributed by atoms with Crippen molar-refractivity contribution in [2.75, 3.05) is 27.2 Å². The monoisotopic (exact) mass is 760 g/mol. The first-order valence-corrected chi connectivity index (χ1v) is 18.1. The van der Waals surface area contributed by atoms with Gasteiger partial charge in [-0.25, -0.2) is 0 Å². The van der Waals surface area contributed by atoms with Gasteiger partial charge in [-0.05, 0) is 114 Å². The largest absolute Gasteiger partial charge is 0.759 e. The van der Waals surface area contributed by atoms with Crippen LogP contribution < -0.4 is 9.47 Å². The molecule has 0 radical (unpaired) electrons. The summed E-state index contributed by atoms with van der Waals surface area (Å²) in [6.07, 6.45) is 9.49. The highest BCUT2D eigenvalue weighted by Gasteiger charge is 2.71. The highest BCUT2D eigenvalue weighted by molar-refractivity contribution is 7.79. The molecule has 2 aromatic carbocycles. The first-order chi connectivity index (χ1) is 22.1. The number of hydrogen-bond donors (Lipinski definition) is 4. The van der Waals surface area contributed by atoms with Gasteiger partial charge >= 0.3 is 0 Å². The number of hydrogen-bond acceptors (Lipinski definition) is 12. The van der Waals surface area contributed by atoms with Gasteiger partial charge in [0.25, 0.3) is 0 Å². The molecule has 4 aliphatic heterocycles. The standard InChI is InChI=1S/2C17H21NO3.H2O4S.5H2O/c2*1-18-8-7-16-11-3-2-6-17(16,20)21-15-13(19)5-4-10(14(15)16)9-12(11)18;1-5(2,3)4;;;;;/h2*4-5,11-12,19-20H,2-3,6-9H2,1H3;(H2,1,2,3,4);5*1H2/p-2/t2*11-,12+,16-,17+;;;;;;/m00....../s1. The Kier molecular flexibility index (Phi) is 11.8. The van der Waals surface area contributed by atoms with Crippen LogP contribution in [0.25, 0.3) is 0 Å². The van der Waals surface area contributed by atoms with Crippen LogP contribution in [0.1, 0.15) is 73.6 Å². The van der Waals surface area contributed by atoms with E-state index in [9.17, 15) is 20.4 Å². The van der Waals surface area contributed by atoms with Gasteiger partial charge in [-0.3, -0.25) is 8.42 Å². The number of phenols is 2. The van der Waals surface area contributed by atoms with E-state index < -0.39 is 22.0 Å². The molecule has 18 heteroatoms. The minimum absolute atomic E-state index is 0. The van der Waals surface area contributed by atoms with Crippen LogP contribution in [0.5, 0.6) is 23.0 Å². The van der Waals surface area contributed by atoms with Crippen molar-refractivity contribution >= 4 is 10.4 Å². The van der Waals surface area contributed by atoms with Gasteiger partial charge in [0.2, 0.25) is 11.6 Å². The molecule has 4 bridgehead atoms. The number of ether oxygens (including phenoxy) is 2. The average molecular weight is 761 g/mol. The molecule has 14 N–H and O–H groups in total. The molecular formula is C34H52N2O15S-2. The minimum Gasteiger partial charge on any atom is -0.759 e. The molecule has 2 spiro atoms. The lowest BCUT2D eigenvalue weighted by molar-refractivity contribution is -0.230. The molecule has 52 heavy (non-hydrogen) atoms. The van der Waals surface area contributed by atoms with Gasteiger partial charge in [-0.15, -0.1) is 0 Å². The second kappa shape index (κ2) is 14.1. The van der Waals surface area contributed by atoms with Crippen molar-refractivity contribution in [3.8, 4) is 23.0 Å². The zero-order valence-corrected chi connectivity index (χ0v) is 30.0. The molecule has 4 heterocycles. The number of piperidine rings is 2. The number of benzene rings is 2. The Labute approximate surface area is 301 Å². The number of nitrogens with zero attached hydrogens (tertiary/aromatic N) is 2. The number of aromatic hydroxyl groups is 2. The summed E-state index contributed by atoms with van der Waals surface area (Å²) in [5.41, 5.74) is 4.16. The van der Waals surface area contributed by atoms with Gasteiger partial charge in [0.15, 0.2) is 23.0 Å². The smallest absolute Gasteiger partial charge is 0.218 e. The molecule has 4 fully saturated rings. The molecule has 8 aliphatic rings. The molecule has 17 nitrogen and oxygen atoms in total. The van der Waals surface area contributed by atoms with Crippen LogP contribution in [0.2, 0.25) is 0 Å². The molecule has 2 saturated carbocycles. The SMILES string of the molecule is CN1CC[C@]23c4c5ccc(O)c4O[C@]2(O)CCC[C@H]3[C@H]1C5.CN1CC[C@]23c4c5ccc(O)c4O[C@]2(O)CCC[C@H]3[C@H]1C5.O.O.O.O.O.O=S(=O)([O-])[O-]. The molecule has 296 valence electrons. The molecule has 10 rings (SSSR count). The van der Waals surface area contributed by atoms with Crippen molar-refractivity contribution in [3.05, 3.63) is 46.5 Å². The molecule has 0 unspecified atom stereocenters. The quantitative estimate of drug-likeness (QED) is 0.169. The van der Waals surface area contributed by atoms with E-state index in [1.807, 2.05) is 12.1 Å². The Hall–Kier alpha value is -2.85. The lowest BCUT2D eigenvalue weighted by Crippen LogP contribution is -2.68. The van der Waals surface area contributed by atoms with Gasteiger partial charge in [0.1, 0.15) is 0 Å². The average Bonchev–Trinajstić information content (AvgIpc) is 3.44. The van der Waals surface area contributed by atoms with E-state index in [4.69, 9.17) is 27.0 Å². The van der Waals surface area contributed by atoms with Crippen LogP contribution in [0.3, 0.4) is 0 Å². The van der Waals surface area contributed by atoms with E-state index in [1.54, 1.807) is 12.1 Å². The number of aliphatic hydroxyl groups is 2. The number of phenolic OH excluding ortho intramolecular Hbond substituents is 2. The fraction of sp³-hybridized carbons (Fsp3) is 0.647. The third-order valence-electron chi connectivity index (χ3n) is 13.2. The van der Waals surface area contributed by atoms with E-state index >= 15 is 0 Å². The van der Waals surface area contributed by atoms with Crippen LogP contribution in [-0.4, -0.2) is 126 Å². The Bertz CT molecular complexity index is 1640. The lowest BCUT2D eigenvalue weighted by atomic mass is 9.50. The van der Waals surface area contributed by atoms with Gasteiger partial charge in [0, 0.05) is 46.5 Å². The summed E-state index contributed by atoms with van der Waals surface area (Å²) in [6, 6.07) is 8.47. The Morgan fingerprint density at radius 2 is 1.02 bits per heavy atom. The predicted octanol–water partition coefficient (Wildman–Crippen LogP) is -1.92. The van der Waals surface area contributed by atoms with E-state index in [2.05, 4.69) is 23.9 Å². The number of likely N-dealkylation sites (tertiary alicyclic amines) is 2. The third-order valence-corrected chi connectivity index (χ3v) is 13.2. The van der Waals surface area contributed by atoms with Crippen molar-refractivity contribution in [1.82, 2.24) is 9.80 Å². The van der Waals surface area contributed by atoms with Crippen LogP contribution in [0, 0.1) is 11.8 Å². The zero-order valence-electron chi connectivity index (χ0n) is 29.1. The summed E-state index contributed by atoms with van der Waals surface area (Å²) in [5.74, 6) is 0.118. The van der Waals surface area contributed by atoms with Crippen molar-refractivity contribution < 1.29 is 74.8 Å². The number of rotatable bonds is 0. The Balaban J connectivity index is 0.000000229. The second-order valence-corrected chi connectivity index (χ2v) is 15.8. The highest BCUT2D eigenvalue weighted by atomic mass is 32.3. The fourth-order valence-corrected chi connectivity index (χ4v) is 11.5. The molecular weight excluding hydrogens is 708 g/mol. The first-order valence-electron chi connectivity index (χ1n) is 16.7. The van der Waals surface area contributed by atoms with E-state index in [-0.39, 0.29) is 49.7 Å². The van der Waals surface area contributed by atoms with Crippen LogP contribution in [0.15, 0.2) is 24.3 Å². The second-order valence-electron chi connectivity index (χ2n) is 15.0. The summed E-state index contributed by atoms with van der Waals surface area (Å²) in [6.45, 7) is 1.97. The lowest BCUT2D eigenvalue weighted by Gasteiger charge is -2.59. The maximum atomic E-state index is 11.3. The first kappa shape index (κ1) is 43.6. The molecule has 0 amide bonds. The molecule has 2 aromatic rings. The maximum absolute atomic E-state index is 11.3. The third kappa shape index (κ3) is 5.66. The van der Waals surface area contributed by atoms with E-state index in [1.165, 1.54) is 11.1 Å². The van der Waals surface area contributed by atoms with Gasteiger partial charge in [-0.1, -0.05) is 12.1 Å². The normalized spacial score (nSPS) is 36.1. The minimum atomic E-state index is -5.17. The van der Waals surface area contributed by atoms with Crippen molar-refractivity contribution in [1.29, 1.82) is 0 Å². The van der Waals surface area contributed by atoms with E-state index in [0.29, 0.717) is 48.3 Å². The fourth-order valence-electron chi connectivity index (χ4n) is 11.5. The molecule has 4 aliphatic carbocycles. The molecule has 2 saturated heterocycles. The Morgan fingerprint density at radius 3 is 1.37 bits per heavy atom. The maximum Gasteiger partial charge on any atom is 0.218 e. The van der Waals surface area contributed by atoms with Gasteiger partial charge < -0.3 is 76.2 Å². The van der Waals surface area contributed by atoms with Crippen molar-refractivity contribution in [3.63, 3.8) is 0 Å². The highest BCUT2D eigenvalue weighted by Crippen LogP contribution is 2.68. The predicted molar refractivity (Wildman–Crippen MR) is 183 cm³/mol. The summed E-state index contributed by atoms with van der Waals surface area (Å²) in [5, 5.41) is 43.1. The summed E-state index contributed by atoms with van der Waals surface area (Å²) < 4.78 is 46.1. The summed E-state index contributed by atoms with van der Waals surface area (Å²) in [4.78, 5) is 4.91. The molecule has 8 atom stereocenters. The van der Waals surface area contributed by atoms with Crippen molar-refractivity contribution in [2.24, 2.45) is 11.8 Å². The van der Waals surface area contributed by atoms with E-state index in [0.717, 1.165) is 75.6 Å². The zero-order chi connectivity index (χ0) is 33.3. The van der Waals surface area contributed by atoms with Gasteiger partial charge in [-0.2, -0.15) is 0 Å². The molecule has 0 aromatic heterocycles. The number of likely N-dealkylation sites (N-methyl/N-ethyl adjacent to an activating group) is 2. The van der Waals surface area contributed by atoms with Crippen LogP contribution >= 0.6 is 0 Å². The van der Waals surface area contributed by atoms with Gasteiger partial charge in [0.05, 0.1) is 10.8 Å². The Morgan fingerprint density at radius 1 is 0.673 bits per heavy atom. The topological polar surface area (TPSA) is 344 Å². The van der Waals surface area contributed by atoms with Crippen LogP contribution in [0.4, 0.5) is 0 Å². The summed E-state index contributed by atoms with van der Waals surface area (Å²) in [7, 11) is -0.763. The van der Waals surface area contributed by atoms with Crippen LogP contribution in [-0.2, 0) is 34.1 Å².